The molecule has 102 valence electrons. The summed E-state index contributed by atoms with van der Waals surface area (Å²) in [6, 6.07) is -0.573. The highest BCUT2D eigenvalue weighted by atomic mass is 16.3. The molecule has 1 saturated heterocycles. The van der Waals surface area contributed by atoms with E-state index in [0.717, 1.165) is 4.90 Å². The summed E-state index contributed by atoms with van der Waals surface area (Å²) >= 11 is 0. The van der Waals surface area contributed by atoms with Crippen LogP contribution in [-0.4, -0.2) is 52.6 Å². The molecule has 7 heteroatoms. The molecule has 0 aliphatic carbocycles. The van der Waals surface area contributed by atoms with Crippen LogP contribution in [0.2, 0.25) is 0 Å². The number of amides is 4. The lowest BCUT2D eigenvalue weighted by Gasteiger charge is -2.16. The van der Waals surface area contributed by atoms with E-state index >= 15 is 0 Å². The van der Waals surface area contributed by atoms with E-state index in [1.165, 1.54) is 0 Å². The molecule has 1 atom stereocenters. The number of carbonyl (C=O) groups is 3. The molecule has 0 radical (unpaired) electrons. The summed E-state index contributed by atoms with van der Waals surface area (Å²) in [6.45, 7) is 4.72. The zero-order valence-electron chi connectivity index (χ0n) is 10.8. The number of imide groups is 1. The Hall–Kier alpha value is -1.63. The lowest BCUT2D eigenvalue weighted by Crippen LogP contribution is -2.44. The number of nitrogens with one attached hydrogen (secondary N) is 2. The van der Waals surface area contributed by atoms with Crippen LogP contribution in [0.15, 0.2) is 0 Å². The van der Waals surface area contributed by atoms with Crippen molar-refractivity contribution in [1.82, 2.24) is 15.5 Å². The summed E-state index contributed by atoms with van der Waals surface area (Å²) in [5.41, 5.74) is -0.972. The molecule has 0 aromatic carbocycles. The maximum Gasteiger partial charge on any atom is 0.325 e. The normalized spacial score (nSPS) is 19.7. The summed E-state index contributed by atoms with van der Waals surface area (Å²) in [4.78, 5) is 35.7. The fourth-order valence-corrected chi connectivity index (χ4v) is 1.54. The van der Waals surface area contributed by atoms with Gasteiger partial charge < -0.3 is 15.7 Å². The van der Waals surface area contributed by atoms with E-state index in [9.17, 15) is 19.5 Å². The van der Waals surface area contributed by atoms with Crippen molar-refractivity contribution < 1.29 is 19.5 Å². The van der Waals surface area contributed by atoms with Crippen LogP contribution in [0.25, 0.3) is 0 Å². The summed E-state index contributed by atoms with van der Waals surface area (Å²) in [5.74, 6) is -0.901. The number of nitrogens with zero attached hydrogens (tertiary/aromatic N) is 1. The number of urea groups is 1. The topological polar surface area (TPSA) is 98.7 Å². The first-order valence-electron chi connectivity index (χ1n) is 5.86. The highest BCUT2D eigenvalue weighted by Crippen LogP contribution is 2.15. The number of carbonyl (C=O) groups excluding carboxylic acids is 3. The summed E-state index contributed by atoms with van der Waals surface area (Å²) in [7, 11) is 0. The second kappa shape index (κ2) is 5.34. The van der Waals surface area contributed by atoms with E-state index in [-0.39, 0.29) is 13.1 Å². The van der Waals surface area contributed by atoms with E-state index in [4.69, 9.17) is 0 Å². The Bertz CT molecular complexity index is 367. The third-order valence-electron chi connectivity index (χ3n) is 2.75. The number of hydrogen-bond acceptors (Lipinski definition) is 4. The second-order valence-corrected chi connectivity index (χ2v) is 4.81. The van der Waals surface area contributed by atoms with Crippen molar-refractivity contribution in [2.45, 2.75) is 38.8 Å². The Morgan fingerprint density at radius 2 is 2.11 bits per heavy atom. The van der Waals surface area contributed by atoms with E-state index in [0.29, 0.717) is 6.42 Å². The fourth-order valence-electron chi connectivity index (χ4n) is 1.54. The fraction of sp³-hybridized carbons (Fsp3) is 0.727. The molecule has 1 fully saturated rings. The van der Waals surface area contributed by atoms with Crippen molar-refractivity contribution in [3.05, 3.63) is 0 Å². The maximum absolute atomic E-state index is 11.8. The molecule has 0 aromatic heterocycles. The number of rotatable bonds is 5. The highest BCUT2D eigenvalue weighted by molar-refractivity contribution is 6.08. The minimum atomic E-state index is -0.972. The molecule has 1 rings (SSSR count). The average molecular weight is 257 g/mol. The quantitative estimate of drug-likeness (QED) is 0.562. The molecule has 0 aromatic rings. The van der Waals surface area contributed by atoms with Gasteiger partial charge in [0.25, 0.3) is 5.91 Å². The first-order valence-corrected chi connectivity index (χ1v) is 5.86. The molecule has 0 saturated carbocycles. The van der Waals surface area contributed by atoms with Gasteiger partial charge in [-0.25, -0.2) is 4.79 Å². The van der Waals surface area contributed by atoms with Crippen LogP contribution < -0.4 is 10.6 Å². The smallest absolute Gasteiger partial charge is 0.325 e. The van der Waals surface area contributed by atoms with E-state index < -0.39 is 29.5 Å². The van der Waals surface area contributed by atoms with Crippen molar-refractivity contribution in [1.29, 1.82) is 0 Å². The zero-order chi connectivity index (χ0) is 13.9. The predicted molar refractivity (Wildman–Crippen MR) is 63.6 cm³/mol. The first kappa shape index (κ1) is 14.4. The van der Waals surface area contributed by atoms with Crippen LogP contribution in [0.3, 0.4) is 0 Å². The molecule has 1 heterocycles. The minimum Gasteiger partial charge on any atom is -0.391 e. The van der Waals surface area contributed by atoms with Gasteiger partial charge in [-0.1, -0.05) is 6.92 Å². The number of aliphatic hydroxyl groups excluding tert-OH is 1. The monoisotopic (exact) mass is 257 g/mol. The van der Waals surface area contributed by atoms with Crippen LogP contribution >= 0.6 is 0 Å². The Balaban J connectivity index is 2.50. The van der Waals surface area contributed by atoms with Gasteiger partial charge in [-0.2, -0.15) is 0 Å². The van der Waals surface area contributed by atoms with Gasteiger partial charge in [0.2, 0.25) is 5.91 Å². The largest absolute Gasteiger partial charge is 0.391 e. The van der Waals surface area contributed by atoms with Gasteiger partial charge in [0.05, 0.1) is 6.10 Å². The van der Waals surface area contributed by atoms with Crippen LogP contribution in [0, 0.1) is 0 Å². The van der Waals surface area contributed by atoms with Gasteiger partial charge in [0, 0.05) is 6.54 Å². The maximum atomic E-state index is 11.8. The molecular formula is C11H19N3O4. The predicted octanol–water partition coefficient (Wildman–Crippen LogP) is -0.796. The Kier molecular flexibility index (Phi) is 4.28. The SMILES string of the molecule is CCC(O)CNC(=O)CN1C(=O)NC(C)(C)C1=O. The van der Waals surface area contributed by atoms with E-state index in [2.05, 4.69) is 10.6 Å². The third-order valence-corrected chi connectivity index (χ3v) is 2.75. The Labute approximate surface area is 106 Å². The molecule has 3 N–H and O–H groups in total. The van der Waals surface area contributed by atoms with Gasteiger partial charge in [0.1, 0.15) is 12.1 Å². The number of aliphatic hydroxyl groups is 1. The first-order chi connectivity index (χ1) is 8.27. The van der Waals surface area contributed by atoms with Crippen LogP contribution in [0.1, 0.15) is 27.2 Å². The van der Waals surface area contributed by atoms with Gasteiger partial charge in [-0.05, 0) is 20.3 Å². The van der Waals surface area contributed by atoms with Gasteiger partial charge in [-0.3, -0.25) is 14.5 Å². The lowest BCUT2D eigenvalue weighted by molar-refractivity contribution is -0.134. The molecule has 7 nitrogen and oxygen atoms in total. The highest BCUT2D eigenvalue weighted by Gasteiger charge is 2.44. The van der Waals surface area contributed by atoms with Crippen LogP contribution in [0.4, 0.5) is 4.79 Å². The van der Waals surface area contributed by atoms with Crippen molar-refractivity contribution >= 4 is 17.8 Å². The van der Waals surface area contributed by atoms with Crippen molar-refractivity contribution in [3.8, 4) is 0 Å². The van der Waals surface area contributed by atoms with Gasteiger partial charge in [-0.15, -0.1) is 0 Å². The zero-order valence-corrected chi connectivity index (χ0v) is 10.8. The summed E-state index contributed by atoms with van der Waals surface area (Å²) < 4.78 is 0. The lowest BCUT2D eigenvalue weighted by atomic mass is 10.1. The number of hydrogen-bond donors (Lipinski definition) is 3. The molecule has 1 aliphatic rings. The van der Waals surface area contributed by atoms with Crippen molar-refractivity contribution in [3.63, 3.8) is 0 Å². The Morgan fingerprint density at radius 3 is 2.56 bits per heavy atom. The Morgan fingerprint density at radius 1 is 1.50 bits per heavy atom. The standard InChI is InChI=1S/C11H19N3O4/c1-4-7(15)5-12-8(16)6-14-9(17)11(2,3)13-10(14)18/h7,15H,4-6H2,1-3H3,(H,12,16)(H,13,18). The van der Waals surface area contributed by atoms with Crippen LogP contribution in [-0.2, 0) is 9.59 Å². The second-order valence-electron chi connectivity index (χ2n) is 4.81. The minimum absolute atomic E-state index is 0.113. The molecule has 0 spiro atoms. The van der Waals surface area contributed by atoms with Gasteiger partial charge >= 0.3 is 6.03 Å². The molecule has 4 amide bonds. The molecular weight excluding hydrogens is 238 g/mol. The average Bonchev–Trinajstić information content (AvgIpc) is 2.48. The molecule has 18 heavy (non-hydrogen) atoms. The molecule has 1 unspecified atom stereocenters. The van der Waals surface area contributed by atoms with Crippen molar-refractivity contribution in [2.75, 3.05) is 13.1 Å². The molecule has 0 bridgehead atoms. The van der Waals surface area contributed by atoms with Crippen LogP contribution in [0.5, 0.6) is 0 Å². The summed E-state index contributed by atoms with van der Waals surface area (Å²) in [6.07, 6.45) is -0.0929. The molecule has 1 aliphatic heterocycles. The van der Waals surface area contributed by atoms with Gasteiger partial charge in [0.15, 0.2) is 0 Å². The van der Waals surface area contributed by atoms with Crippen molar-refractivity contribution in [2.24, 2.45) is 0 Å². The summed E-state index contributed by atoms with van der Waals surface area (Å²) in [5, 5.41) is 14.2. The third kappa shape index (κ3) is 3.19. The van der Waals surface area contributed by atoms with E-state index in [1.54, 1.807) is 20.8 Å². The van der Waals surface area contributed by atoms with E-state index in [1.807, 2.05) is 0 Å².